The predicted octanol–water partition coefficient (Wildman–Crippen LogP) is 1.70. The van der Waals surface area contributed by atoms with Crippen molar-refractivity contribution in [1.29, 1.82) is 0 Å². The highest BCUT2D eigenvalue weighted by Crippen LogP contribution is 2.37. The normalized spacial score (nSPS) is 32.8. The van der Waals surface area contributed by atoms with Crippen LogP contribution in [0, 0.1) is 5.92 Å². The first-order chi connectivity index (χ1) is 7.28. The summed E-state index contributed by atoms with van der Waals surface area (Å²) in [7, 11) is 1.82. The lowest BCUT2D eigenvalue weighted by molar-refractivity contribution is -0.0718. The van der Waals surface area contributed by atoms with E-state index in [1.807, 2.05) is 7.11 Å². The van der Waals surface area contributed by atoms with E-state index in [2.05, 4.69) is 0 Å². The highest BCUT2D eigenvalue weighted by molar-refractivity contribution is 4.97. The van der Waals surface area contributed by atoms with Crippen LogP contribution in [0.2, 0.25) is 0 Å². The number of hydrogen-bond donors (Lipinski definition) is 1. The Kier molecular flexibility index (Phi) is 3.65. The molecule has 2 N–H and O–H groups in total. The molecule has 0 spiro atoms. The van der Waals surface area contributed by atoms with Gasteiger partial charge < -0.3 is 15.2 Å². The second-order valence-electron chi connectivity index (χ2n) is 4.98. The molecule has 0 aromatic heterocycles. The van der Waals surface area contributed by atoms with Crippen LogP contribution in [-0.4, -0.2) is 32.0 Å². The summed E-state index contributed by atoms with van der Waals surface area (Å²) >= 11 is 0. The summed E-state index contributed by atoms with van der Waals surface area (Å²) in [6, 6.07) is 0.158. The van der Waals surface area contributed by atoms with Gasteiger partial charge in [0.25, 0.3) is 0 Å². The molecule has 0 radical (unpaired) electrons. The monoisotopic (exact) mass is 213 g/mol. The van der Waals surface area contributed by atoms with Gasteiger partial charge in [0, 0.05) is 25.7 Å². The van der Waals surface area contributed by atoms with Crippen molar-refractivity contribution in [2.75, 3.05) is 20.3 Å². The summed E-state index contributed by atoms with van der Waals surface area (Å²) in [4.78, 5) is 0. The first kappa shape index (κ1) is 11.4. The van der Waals surface area contributed by atoms with Crippen LogP contribution in [0.5, 0.6) is 0 Å². The summed E-state index contributed by atoms with van der Waals surface area (Å²) < 4.78 is 11.2. The van der Waals surface area contributed by atoms with Crippen LogP contribution >= 0.6 is 0 Å². The molecule has 0 aromatic carbocycles. The minimum Gasteiger partial charge on any atom is -0.381 e. The van der Waals surface area contributed by atoms with Gasteiger partial charge in [0.2, 0.25) is 0 Å². The Morgan fingerprint density at radius 3 is 2.60 bits per heavy atom. The molecule has 88 valence electrons. The van der Waals surface area contributed by atoms with Crippen molar-refractivity contribution in [3.05, 3.63) is 0 Å². The standard InChI is InChI=1S/C12H23NO2/c1-14-12(6-3-2-4-7-12)11(13)10-5-8-15-9-10/h10-11H,2-9,13H2,1H3. The van der Waals surface area contributed by atoms with Gasteiger partial charge in [-0.25, -0.2) is 0 Å². The Labute approximate surface area is 92.3 Å². The van der Waals surface area contributed by atoms with E-state index in [9.17, 15) is 0 Å². The molecular formula is C12H23NO2. The van der Waals surface area contributed by atoms with Gasteiger partial charge in [0.05, 0.1) is 12.2 Å². The largest absolute Gasteiger partial charge is 0.381 e. The number of ether oxygens (including phenoxy) is 2. The molecule has 2 unspecified atom stereocenters. The lowest BCUT2D eigenvalue weighted by atomic mass is 9.74. The number of rotatable bonds is 3. The van der Waals surface area contributed by atoms with E-state index in [1.54, 1.807) is 0 Å². The van der Waals surface area contributed by atoms with E-state index in [0.29, 0.717) is 5.92 Å². The third kappa shape index (κ3) is 2.19. The molecule has 1 aliphatic heterocycles. The Bertz CT molecular complexity index is 196. The first-order valence-corrected chi connectivity index (χ1v) is 6.17. The summed E-state index contributed by atoms with van der Waals surface area (Å²) in [5.74, 6) is 0.503. The van der Waals surface area contributed by atoms with E-state index in [0.717, 1.165) is 32.5 Å². The van der Waals surface area contributed by atoms with Gasteiger partial charge in [0.1, 0.15) is 0 Å². The number of nitrogens with two attached hydrogens (primary N) is 1. The van der Waals surface area contributed by atoms with Gasteiger partial charge in [-0.2, -0.15) is 0 Å². The Morgan fingerprint density at radius 2 is 2.07 bits per heavy atom. The molecule has 3 nitrogen and oxygen atoms in total. The van der Waals surface area contributed by atoms with E-state index >= 15 is 0 Å². The Morgan fingerprint density at radius 1 is 1.33 bits per heavy atom. The van der Waals surface area contributed by atoms with E-state index in [4.69, 9.17) is 15.2 Å². The summed E-state index contributed by atoms with van der Waals surface area (Å²) in [5.41, 5.74) is 6.34. The average molecular weight is 213 g/mol. The van der Waals surface area contributed by atoms with Crippen LogP contribution in [0.1, 0.15) is 38.5 Å². The molecule has 2 rings (SSSR count). The zero-order chi connectivity index (χ0) is 10.7. The fourth-order valence-corrected chi connectivity index (χ4v) is 3.09. The lowest BCUT2D eigenvalue weighted by Gasteiger charge is -2.42. The summed E-state index contributed by atoms with van der Waals surface area (Å²) in [5, 5.41) is 0. The Hall–Kier alpha value is -0.120. The van der Waals surface area contributed by atoms with Crippen LogP contribution < -0.4 is 5.73 Å². The van der Waals surface area contributed by atoms with Crippen LogP contribution in [0.15, 0.2) is 0 Å². The van der Waals surface area contributed by atoms with Crippen molar-refractivity contribution in [3.8, 4) is 0 Å². The highest BCUT2D eigenvalue weighted by Gasteiger charge is 2.42. The zero-order valence-electron chi connectivity index (χ0n) is 9.71. The summed E-state index contributed by atoms with van der Waals surface area (Å²) in [6.07, 6.45) is 7.21. The van der Waals surface area contributed by atoms with Crippen LogP contribution in [0.3, 0.4) is 0 Å². The third-order valence-corrected chi connectivity index (χ3v) is 4.19. The quantitative estimate of drug-likeness (QED) is 0.776. The maximum absolute atomic E-state index is 6.39. The molecule has 0 bridgehead atoms. The molecule has 1 saturated carbocycles. The molecule has 0 aromatic rings. The average Bonchev–Trinajstić information content (AvgIpc) is 2.82. The SMILES string of the molecule is COC1(C(N)C2CCOC2)CCCCC1. The van der Waals surface area contributed by atoms with Crippen molar-refractivity contribution in [2.45, 2.75) is 50.2 Å². The van der Waals surface area contributed by atoms with Gasteiger partial charge in [-0.05, 0) is 19.3 Å². The van der Waals surface area contributed by atoms with Crippen molar-refractivity contribution in [2.24, 2.45) is 11.7 Å². The van der Waals surface area contributed by atoms with E-state index < -0.39 is 0 Å². The predicted molar refractivity (Wildman–Crippen MR) is 59.7 cm³/mol. The lowest BCUT2D eigenvalue weighted by Crippen LogP contribution is -2.54. The third-order valence-electron chi connectivity index (χ3n) is 4.19. The summed E-state index contributed by atoms with van der Waals surface area (Å²) in [6.45, 7) is 1.70. The van der Waals surface area contributed by atoms with E-state index in [-0.39, 0.29) is 11.6 Å². The molecule has 3 heteroatoms. The molecule has 15 heavy (non-hydrogen) atoms. The highest BCUT2D eigenvalue weighted by atomic mass is 16.5. The van der Waals surface area contributed by atoms with Gasteiger partial charge in [0.15, 0.2) is 0 Å². The molecule has 1 saturated heterocycles. The van der Waals surface area contributed by atoms with Crippen molar-refractivity contribution >= 4 is 0 Å². The van der Waals surface area contributed by atoms with Gasteiger partial charge >= 0.3 is 0 Å². The maximum atomic E-state index is 6.39. The fraction of sp³-hybridized carbons (Fsp3) is 1.00. The topological polar surface area (TPSA) is 44.5 Å². The second-order valence-corrected chi connectivity index (χ2v) is 4.98. The molecule has 2 aliphatic rings. The minimum absolute atomic E-state index is 0.0589. The zero-order valence-corrected chi connectivity index (χ0v) is 9.71. The van der Waals surface area contributed by atoms with E-state index in [1.165, 1.54) is 19.3 Å². The number of methoxy groups -OCH3 is 1. The molecule has 2 atom stereocenters. The number of hydrogen-bond acceptors (Lipinski definition) is 3. The molecule has 0 amide bonds. The fourth-order valence-electron chi connectivity index (χ4n) is 3.09. The molecule has 1 heterocycles. The van der Waals surface area contributed by atoms with Crippen molar-refractivity contribution in [1.82, 2.24) is 0 Å². The minimum atomic E-state index is -0.0589. The first-order valence-electron chi connectivity index (χ1n) is 6.17. The maximum Gasteiger partial charge on any atom is 0.0832 e. The molecule has 1 aliphatic carbocycles. The molecule has 2 fully saturated rings. The Balaban J connectivity index is 2.02. The van der Waals surface area contributed by atoms with Crippen LogP contribution in [0.4, 0.5) is 0 Å². The van der Waals surface area contributed by atoms with Gasteiger partial charge in [-0.3, -0.25) is 0 Å². The van der Waals surface area contributed by atoms with Crippen LogP contribution in [0.25, 0.3) is 0 Å². The molecular weight excluding hydrogens is 190 g/mol. The second kappa shape index (κ2) is 4.81. The van der Waals surface area contributed by atoms with Crippen molar-refractivity contribution < 1.29 is 9.47 Å². The van der Waals surface area contributed by atoms with Gasteiger partial charge in [-0.1, -0.05) is 19.3 Å². The van der Waals surface area contributed by atoms with Crippen LogP contribution in [-0.2, 0) is 9.47 Å². The smallest absolute Gasteiger partial charge is 0.0832 e. The van der Waals surface area contributed by atoms with Crippen molar-refractivity contribution in [3.63, 3.8) is 0 Å². The van der Waals surface area contributed by atoms with Gasteiger partial charge in [-0.15, -0.1) is 0 Å².